The molecule has 0 fully saturated rings. The predicted molar refractivity (Wildman–Crippen MR) is 114 cm³/mol. The lowest BCUT2D eigenvalue weighted by Gasteiger charge is -2.23. The van der Waals surface area contributed by atoms with Gasteiger partial charge < -0.3 is 10.6 Å². The molecule has 2 N–H and O–H groups in total. The average molecular weight is 393 g/mol. The van der Waals surface area contributed by atoms with Gasteiger partial charge in [-0.1, -0.05) is 30.3 Å². The highest BCUT2D eigenvalue weighted by Gasteiger charge is 2.24. The molecule has 7 nitrogen and oxygen atoms in total. The first-order valence-corrected chi connectivity index (χ1v) is 9.59. The molecule has 1 atom stereocenters. The van der Waals surface area contributed by atoms with Crippen molar-refractivity contribution in [1.29, 1.82) is 0 Å². The first kappa shape index (κ1) is 20.5. The summed E-state index contributed by atoms with van der Waals surface area (Å²) in [6, 6.07) is 10.7. The fourth-order valence-electron chi connectivity index (χ4n) is 3.20. The Morgan fingerprint density at radius 2 is 1.79 bits per heavy atom. The lowest BCUT2D eigenvalue weighted by molar-refractivity contribution is -0.124. The molecule has 1 unspecified atom stereocenters. The van der Waals surface area contributed by atoms with Crippen LogP contribution in [0.25, 0.3) is 22.3 Å². The summed E-state index contributed by atoms with van der Waals surface area (Å²) in [4.78, 5) is 30.2. The van der Waals surface area contributed by atoms with E-state index in [2.05, 4.69) is 15.7 Å². The summed E-state index contributed by atoms with van der Waals surface area (Å²) in [7, 11) is 1.80. The third-order valence-electron chi connectivity index (χ3n) is 4.52. The molecule has 1 aromatic carbocycles. The highest BCUT2D eigenvalue weighted by molar-refractivity contribution is 6.08. The molecular weight excluding hydrogens is 366 g/mol. The number of carbonyl (C=O) groups excluding carboxylic acids is 2. The molecule has 0 saturated heterocycles. The van der Waals surface area contributed by atoms with Crippen LogP contribution in [0.1, 0.15) is 43.7 Å². The monoisotopic (exact) mass is 393 g/mol. The van der Waals surface area contributed by atoms with Crippen molar-refractivity contribution in [3.63, 3.8) is 0 Å². The standard InChI is InChI=1S/C22H27N5O2/c1-13-18-16(21(29)23-14(2)20(28)25-22(3,4)5)12-17(15-10-8-7-9-11-15)24-19(18)27(6)26-13/h7-12,14H,1-6H3,(H,23,29)(H,25,28). The summed E-state index contributed by atoms with van der Waals surface area (Å²) < 4.78 is 1.67. The van der Waals surface area contributed by atoms with Crippen molar-refractivity contribution >= 4 is 22.8 Å². The number of fused-ring (bicyclic) bond motifs is 1. The molecule has 2 aromatic heterocycles. The maximum Gasteiger partial charge on any atom is 0.252 e. The highest BCUT2D eigenvalue weighted by atomic mass is 16.2. The van der Waals surface area contributed by atoms with Crippen LogP contribution in [-0.4, -0.2) is 38.2 Å². The minimum Gasteiger partial charge on any atom is -0.350 e. The Morgan fingerprint density at radius 1 is 1.14 bits per heavy atom. The molecule has 3 rings (SSSR count). The van der Waals surface area contributed by atoms with E-state index in [0.717, 1.165) is 5.56 Å². The van der Waals surface area contributed by atoms with Crippen molar-refractivity contribution in [3.8, 4) is 11.3 Å². The topological polar surface area (TPSA) is 88.9 Å². The summed E-state index contributed by atoms with van der Waals surface area (Å²) in [5.41, 5.74) is 3.00. The summed E-state index contributed by atoms with van der Waals surface area (Å²) in [5.74, 6) is -0.565. The normalized spacial score (nSPS) is 12.6. The molecule has 0 aliphatic heterocycles. The van der Waals surface area contributed by atoms with Crippen LogP contribution in [-0.2, 0) is 11.8 Å². The van der Waals surface area contributed by atoms with Crippen LogP contribution in [0.5, 0.6) is 0 Å². The maximum atomic E-state index is 13.1. The molecule has 0 saturated carbocycles. The van der Waals surface area contributed by atoms with Crippen molar-refractivity contribution in [3.05, 3.63) is 47.7 Å². The van der Waals surface area contributed by atoms with Crippen molar-refractivity contribution in [1.82, 2.24) is 25.4 Å². The fourth-order valence-corrected chi connectivity index (χ4v) is 3.20. The molecule has 7 heteroatoms. The zero-order valence-electron chi connectivity index (χ0n) is 17.7. The van der Waals surface area contributed by atoms with Gasteiger partial charge in [0.2, 0.25) is 5.91 Å². The molecule has 0 radical (unpaired) electrons. The molecule has 3 aromatic rings. The Hall–Kier alpha value is -3.22. The summed E-state index contributed by atoms with van der Waals surface area (Å²) in [6.07, 6.45) is 0. The van der Waals surface area contributed by atoms with Crippen molar-refractivity contribution in [2.45, 2.75) is 46.2 Å². The molecule has 0 aliphatic rings. The third-order valence-corrected chi connectivity index (χ3v) is 4.52. The first-order chi connectivity index (χ1) is 13.6. The summed E-state index contributed by atoms with van der Waals surface area (Å²) in [6.45, 7) is 9.22. The van der Waals surface area contributed by atoms with Crippen LogP contribution in [0, 0.1) is 6.92 Å². The lowest BCUT2D eigenvalue weighted by atomic mass is 10.0. The number of pyridine rings is 1. The van der Waals surface area contributed by atoms with E-state index in [-0.39, 0.29) is 17.4 Å². The number of benzene rings is 1. The largest absolute Gasteiger partial charge is 0.350 e. The number of aromatic nitrogens is 3. The molecule has 2 heterocycles. The zero-order valence-corrected chi connectivity index (χ0v) is 17.7. The molecule has 2 amide bonds. The molecule has 152 valence electrons. The Kier molecular flexibility index (Phi) is 5.42. The van der Waals surface area contributed by atoms with Gasteiger partial charge in [-0.2, -0.15) is 5.10 Å². The van der Waals surface area contributed by atoms with Crippen LogP contribution >= 0.6 is 0 Å². The van der Waals surface area contributed by atoms with Gasteiger partial charge in [-0.3, -0.25) is 14.3 Å². The van der Waals surface area contributed by atoms with E-state index in [9.17, 15) is 9.59 Å². The Balaban J connectivity index is 2.01. The van der Waals surface area contributed by atoms with E-state index in [4.69, 9.17) is 4.98 Å². The highest BCUT2D eigenvalue weighted by Crippen LogP contribution is 2.26. The number of nitrogens with zero attached hydrogens (tertiary/aromatic N) is 3. The van der Waals surface area contributed by atoms with E-state index >= 15 is 0 Å². The van der Waals surface area contributed by atoms with Gasteiger partial charge in [0.15, 0.2) is 5.65 Å². The number of rotatable bonds is 4. The van der Waals surface area contributed by atoms with E-state index in [1.165, 1.54) is 0 Å². The van der Waals surface area contributed by atoms with Gasteiger partial charge in [0, 0.05) is 18.2 Å². The van der Waals surface area contributed by atoms with E-state index in [0.29, 0.717) is 28.0 Å². The number of carbonyl (C=O) groups is 2. The smallest absolute Gasteiger partial charge is 0.252 e. The Morgan fingerprint density at radius 3 is 2.41 bits per heavy atom. The van der Waals surface area contributed by atoms with Gasteiger partial charge in [0.05, 0.1) is 22.3 Å². The SMILES string of the molecule is Cc1nn(C)c2nc(-c3ccccc3)cc(C(=O)NC(C)C(=O)NC(C)(C)C)c12. The molecular formula is C22H27N5O2. The van der Waals surface area contributed by atoms with Gasteiger partial charge >= 0.3 is 0 Å². The third kappa shape index (κ3) is 4.45. The van der Waals surface area contributed by atoms with Crippen molar-refractivity contribution in [2.75, 3.05) is 0 Å². The van der Waals surface area contributed by atoms with Crippen LogP contribution in [0.2, 0.25) is 0 Å². The number of nitrogens with one attached hydrogen (secondary N) is 2. The second-order valence-corrected chi connectivity index (χ2v) is 8.26. The van der Waals surface area contributed by atoms with Gasteiger partial charge in [-0.05, 0) is 40.7 Å². The van der Waals surface area contributed by atoms with Crippen LogP contribution in [0.4, 0.5) is 0 Å². The van der Waals surface area contributed by atoms with Crippen LogP contribution in [0.3, 0.4) is 0 Å². The Labute approximate surface area is 170 Å². The number of amides is 2. The Bertz CT molecular complexity index is 1060. The van der Waals surface area contributed by atoms with Crippen LogP contribution < -0.4 is 10.6 Å². The zero-order chi connectivity index (χ0) is 21.3. The molecule has 0 bridgehead atoms. The number of hydrogen-bond acceptors (Lipinski definition) is 4. The van der Waals surface area contributed by atoms with Crippen molar-refractivity contribution in [2.24, 2.45) is 7.05 Å². The molecule has 0 spiro atoms. The quantitative estimate of drug-likeness (QED) is 0.713. The van der Waals surface area contributed by atoms with E-state index < -0.39 is 6.04 Å². The predicted octanol–water partition coefficient (Wildman–Crippen LogP) is 2.98. The van der Waals surface area contributed by atoms with Gasteiger partial charge in [0.25, 0.3) is 5.91 Å². The van der Waals surface area contributed by atoms with E-state index in [1.807, 2.05) is 58.0 Å². The lowest BCUT2D eigenvalue weighted by Crippen LogP contribution is -2.50. The summed E-state index contributed by atoms with van der Waals surface area (Å²) >= 11 is 0. The minimum atomic E-state index is -0.679. The van der Waals surface area contributed by atoms with Gasteiger partial charge in [-0.25, -0.2) is 4.98 Å². The first-order valence-electron chi connectivity index (χ1n) is 9.59. The van der Waals surface area contributed by atoms with Crippen molar-refractivity contribution < 1.29 is 9.59 Å². The minimum absolute atomic E-state index is 0.234. The van der Waals surface area contributed by atoms with Gasteiger partial charge in [0.1, 0.15) is 6.04 Å². The fraction of sp³-hybridized carbons (Fsp3) is 0.364. The number of hydrogen-bond donors (Lipinski definition) is 2. The second kappa shape index (κ2) is 7.66. The van der Waals surface area contributed by atoms with Gasteiger partial charge in [-0.15, -0.1) is 0 Å². The molecule has 0 aliphatic carbocycles. The van der Waals surface area contributed by atoms with E-state index in [1.54, 1.807) is 24.7 Å². The number of aryl methyl sites for hydroxylation is 2. The average Bonchev–Trinajstić information content (AvgIpc) is 2.94. The molecule has 29 heavy (non-hydrogen) atoms. The summed E-state index contributed by atoms with van der Waals surface area (Å²) in [5, 5.41) is 10.8. The second-order valence-electron chi connectivity index (χ2n) is 8.26. The van der Waals surface area contributed by atoms with Crippen LogP contribution in [0.15, 0.2) is 36.4 Å². The maximum absolute atomic E-state index is 13.1.